The molecule has 0 aliphatic carbocycles. The fraction of sp³-hybridized carbons (Fsp3) is 0.375. The van der Waals surface area contributed by atoms with Crippen LogP contribution < -0.4 is 5.73 Å². The van der Waals surface area contributed by atoms with Crippen LogP contribution in [0.1, 0.15) is 24.4 Å². The molecule has 1 atom stereocenters. The van der Waals surface area contributed by atoms with Crippen molar-refractivity contribution in [2.24, 2.45) is 5.73 Å². The van der Waals surface area contributed by atoms with Gasteiger partial charge in [-0.25, -0.2) is 4.98 Å². The third-order valence-corrected chi connectivity index (χ3v) is 1.53. The molecule has 2 N–H and O–H groups in total. The lowest BCUT2D eigenvalue weighted by atomic mass is 10.2. The Bertz CT molecular complexity index is 294. The topological polar surface area (TPSA) is 38.9 Å². The minimum absolute atomic E-state index is 0.245. The molecule has 5 heteroatoms. The maximum Gasteiger partial charge on any atom is 0.433 e. The number of alkyl halides is 3. The van der Waals surface area contributed by atoms with E-state index in [-0.39, 0.29) is 5.69 Å². The average molecular weight is 190 g/mol. The van der Waals surface area contributed by atoms with E-state index in [0.717, 1.165) is 6.07 Å². The highest BCUT2D eigenvalue weighted by molar-refractivity contribution is 5.15. The van der Waals surface area contributed by atoms with E-state index in [2.05, 4.69) is 4.98 Å². The summed E-state index contributed by atoms with van der Waals surface area (Å²) in [6, 6.07) is 3.21. The zero-order chi connectivity index (χ0) is 10.1. The van der Waals surface area contributed by atoms with E-state index in [4.69, 9.17) is 5.73 Å². The first-order chi connectivity index (χ1) is 5.91. The van der Waals surface area contributed by atoms with Crippen LogP contribution in [0, 0.1) is 0 Å². The number of pyridine rings is 1. The van der Waals surface area contributed by atoms with Crippen LogP contribution in [0.15, 0.2) is 18.2 Å². The summed E-state index contributed by atoms with van der Waals surface area (Å²) in [4.78, 5) is 3.39. The number of hydrogen-bond donors (Lipinski definition) is 1. The Balaban J connectivity index is 3.06. The molecule has 72 valence electrons. The van der Waals surface area contributed by atoms with E-state index in [9.17, 15) is 13.2 Å². The molecule has 1 rings (SSSR count). The molecule has 0 bridgehead atoms. The fourth-order valence-corrected chi connectivity index (χ4v) is 0.863. The van der Waals surface area contributed by atoms with Gasteiger partial charge >= 0.3 is 6.18 Å². The van der Waals surface area contributed by atoms with Gasteiger partial charge in [0.05, 0.1) is 5.69 Å². The smallest absolute Gasteiger partial charge is 0.323 e. The monoisotopic (exact) mass is 190 g/mol. The van der Waals surface area contributed by atoms with Crippen LogP contribution in [-0.4, -0.2) is 4.98 Å². The van der Waals surface area contributed by atoms with Crippen molar-refractivity contribution in [1.82, 2.24) is 4.98 Å². The molecule has 0 amide bonds. The molecule has 1 unspecified atom stereocenters. The van der Waals surface area contributed by atoms with Crippen molar-refractivity contribution >= 4 is 0 Å². The molecular weight excluding hydrogens is 181 g/mol. The van der Waals surface area contributed by atoms with Gasteiger partial charge in [-0.2, -0.15) is 13.2 Å². The van der Waals surface area contributed by atoms with Crippen LogP contribution in [0.2, 0.25) is 0 Å². The van der Waals surface area contributed by atoms with Crippen molar-refractivity contribution in [2.45, 2.75) is 19.1 Å². The number of nitrogens with zero attached hydrogens (tertiary/aromatic N) is 1. The average Bonchev–Trinajstić information content (AvgIpc) is 2.03. The molecule has 0 aliphatic rings. The molecule has 0 radical (unpaired) electrons. The molecule has 13 heavy (non-hydrogen) atoms. The predicted octanol–water partition coefficient (Wildman–Crippen LogP) is 2.12. The van der Waals surface area contributed by atoms with Gasteiger partial charge in [-0.3, -0.25) is 0 Å². The fourth-order valence-electron chi connectivity index (χ4n) is 0.863. The number of rotatable bonds is 1. The van der Waals surface area contributed by atoms with E-state index in [1.54, 1.807) is 6.92 Å². The molecule has 0 saturated carbocycles. The summed E-state index contributed by atoms with van der Waals surface area (Å²) < 4.78 is 36.4. The van der Waals surface area contributed by atoms with Crippen molar-refractivity contribution in [1.29, 1.82) is 0 Å². The normalized spacial score (nSPS) is 14.2. The van der Waals surface area contributed by atoms with Crippen molar-refractivity contribution in [2.75, 3.05) is 0 Å². The van der Waals surface area contributed by atoms with E-state index in [0.29, 0.717) is 0 Å². The Morgan fingerprint density at radius 3 is 2.46 bits per heavy atom. The highest BCUT2D eigenvalue weighted by atomic mass is 19.4. The predicted molar refractivity (Wildman–Crippen MR) is 41.8 cm³/mol. The molecular formula is C8H9F3N2. The van der Waals surface area contributed by atoms with Crippen molar-refractivity contribution in [3.8, 4) is 0 Å². The van der Waals surface area contributed by atoms with E-state index < -0.39 is 17.9 Å². The summed E-state index contributed by atoms with van der Waals surface area (Å²) in [6.07, 6.45) is -4.40. The molecule has 0 aliphatic heterocycles. The van der Waals surface area contributed by atoms with Crippen LogP contribution in [0.5, 0.6) is 0 Å². The van der Waals surface area contributed by atoms with Gasteiger partial charge in [0.1, 0.15) is 5.69 Å². The Kier molecular flexibility index (Phi) is 2.56. The Morgan fingerprint density at radius 2 is 2.00 bits per heavy atom. The minimum Gasteiger partial charge on any atom is -0.323 e. The maximum atomic E-state index is 12.1. The molecule has 0 spiro atoms. The van der Waals surface area contributed by atoms with Gasteiger partial charge in [-0.05, 0) is 19.1 Å². The number of halogens is 3. The number of aromatic nitrogens is 1. The lowest BCUT2D eigenvalue weighted by Crippen LogP contribution is -2.13. The highest BCUT2D eigenvalue weighted by Crippen LogP contribution is 2.27. The Labute approximate surface area is 73.6 Å². The van der Waals surface area contributed by atoms with Crippen molar-refractivity contribution in [3.05, 3.63) is 29.6 Å². The first kappa shape index (κ1) is 9.98. The van der Waals surface area contributed by atoms with E-state index in [1.165, 1.54) is 12.1 Å². The second-order valence-corrected chi connectivity index (χ2v) is 2.73. The Hall–Kier alpha value is -1.10. The van der Waals surface area contributed by atoms with Crippen LogP contribution in [0.3, 0.4) is 0 Å². The van der Waals surface area contributed by atoms with Crippen LogP contribution in [0.4, 0.5) is 13.2 Å². The zero-order valence-electron chi connectivity index (χ0n) is 6.97. The summed E-state index contributed by atoms with van der Waals surface area (Å²) in [7, 11) is 0. The van der Waals surface area contributed by atoms with Gasteiger partial charge < -0.3 is 5.73 Å². The second kappa shape index (κ2) is 3.33. The Morgan fingerprint density at radius 1 is 1.38 bits per heavy atom. The summed E-state index contributed by atoms with van der Waals surface area (Å²) in [5, 5.41) is 0. The van der Waals surface area contributed by atoms with Gasteiger partial charge in [0.15, 0.2) is 0 Å². The van der Waals surface area contributed by atoms with Crippen molar-refractivity contribution in [3.63, 3.8) is 0 Å². The molecule has 0 fully saturated rings. The first-order valence-corrected chi connectivity index (χ1v) is 3.71. The highest BCUT2D eigenvalue weighted by Gasteiger charge is 2.32. The van der Waals surface area contributed by atoms with Gasteiger partial charge in [0, 0.05) is 6.04 Å². The number of hydrogen-bond acceptors (Lipinski definition) is 2. The lowest BCUT2D eigenvalue weighted by molar-refractivity contribution is -0.141. The molecule has 1 heterocycles. The van der Waals surface area contributed by atoms with Crippen LogP contribution in [0.25, 0.3) is 0 Å². The van der Waals surface area contributed by atoms with Crippen LogP contribution >= 0.6 is 0 Å². The van der Waals surface area contributed by atoms with Crippen LogP contribution in [-0.2, 0) is 6.18 Å². The second-order valence-electron chi connectivity index (χ2n) is 2.73. The number of nitrogens with two attached hydrogens (primary N) is 1. The largest absolute Gasteiger partial charge is 0.433 e. The third-order valence-electron chi connectivity index (χ3n) is 1.53. The molecule has 1 aromatic heterocycles. The van der Waals surface area contributed by atoms with Gasteiger partial charge in [0.25, 0.3) is 0 Å². The van der Waals surface area contributed by atoms with E-state index in [1.807, 2.05) is 0 Å². The minimum atomic E-state index is -4.40. The summed E-state index contributed by atoms with van der Waals surface area (Å²) >= 11 is 0. The molecule has 1 aromatic rings. The first-order valence-electron chi connectivity index (χ1n) is 3.71. The zero-order valence-corrected chi connectivity index (χ0v) is 6.97. The summed E-state index contributed by atoms with van der Waals surface area (Å²) in [6.45, 7) is 1.59. The standard InChI is InChI=1S/C8H9F3N2/c1-5(12)6-3-2-4-7(13-6)8(9,10)11/h2-5H,12H2,1H3. The SMILES string of the molecule is CC(N)c1cccc(C(F)(F)F)n1. The van der Waals surface area contributed by atoms with Gasteiger partial charge in [-0.1, -0.05) is 6.07 Å². The molecule has 2 nitrogen and oxygen atoms in total. The van der Waals surface area contributed by atoms with E-state index >= 15 is 0 Å². The quantitative estimate of drug-likeness (QED) is 0.736. The lowest BCUT2D eigenvalue weighted by Gasteiger charge is -2.09. The molecule has 0 aromatic carbocycles. The van der Waals surface area contributed by atoms with Crippen molar-refractivity contribution < 1.29 is 13.2 Å². The van der Waals surface area contributed by atoms with Gasteiger partial charge in [-0.15, -0.1) is 0 Å². The van der Waals surface area contributed by atoms with Gasteiger partial charge in [0.2, 0.25) is 0 Å². The summed E-state index contributed by atoms with van der Waals surface area (Å²) in [5.74, 6) is 0. The summed E-state index contributed by atoms with van der Waals surface area (Å²) in [5.41, 5.74) is 4.74. The maximum absolute atomic E-state index is 12.1. The third kappa shape index (κ3) is 2.42. The molecule has 0 saturated heterocycles.